The predicted molar refractivity (Wildman–Crippen MR) is 81.2 cm³/mol. The number of ketones is 1. The number of aliphatic hydroxyl groups excluding tert-OH is 1. The average Bonchev–Trinajstić information content (AvgIpc) is 2.47. The van der Waals surface area contributed by atoms with Crippen LogP contribution in [0.25, 0.3) is 0 Å². The van der Waals surface area contributed by atoms with Crippen molar-refractivity contribution in [2.75, 3.05) is 0 Å². The molecule has 0 radical (unpaired) electrons. The second-order valence-electron chi connectivity index (χ2n) is 7.15. The minimum atomic E-state index is -4.54. The molecule has 2 saturated carbocycles. The summed E-state index contributed by atoms with van der Waals surface area (Å²) in [5, 5.41) is 9.69. The number of alkyl halides is 4. The lowest BCUT2D eigenvalue weighted by Gasteiger charge is -2.47. The molecule has 1 aliphatic heterocycles. The molecule has 0 spiro atoms. The highest BCUT2D eigenvalue weighted by molar-refractivity contribution is 9.09. The van der Waals surface area contributed by atoms with Crippen molar-refractivity contribution in [3.8, 4) is 0 Å². The molecule has 23 heavy (non-hydrogen) atoms. The summed E-state index contributed by atoms with van der Waals surface area (Å²) in [5.74, 6) is -2.10. The molecule has 7 heteroatoms. The minimum Gasteiger partial charge on any atom is -0.393 e. The van der Waals surface area contributed by atoms with E-state index >= 15 is 0 Å². The van der Waals surface area contributed by atoms with Gasteiger partial charge < -0.3 is 9.84 Å². The zero-order valence-corrected chi connectivity index (χ0v) is 14.4. The Bertz CT molecular complexity index is 448. The van der Waals surface area contributed by atoms with Gasteiger partial charge in [0.25, 0.3) is 0 Å². The molecule has 0 bridgehead atoms. The van der Waals surface area contributed by atoms with Gasteiger partial charge in [-0.05, 0) is 44.4 Å². The number of carbonyl (C=O) groups is 1. The predicted octanol–water partition coefficient (Wildman–Crippen LogP) is 3.62. The molecule has 0 amide bonds. The van der Waals surface area contributed by atoms with E-state index in [2.05, 4.69) is 15.9 Å². The van der Waals surface area contributed by atoms with Crippen molar-refractivity contribution in [1.82, 2.24) is 0 Å². The van der Waals surface area contributed by atoms with Crippen molar-refractivity contribution in [3.05, 3.63) is 0 Å². The number of Topliss-reactive ketones (excluding diaryl/α,β-unsaturated/α-hetero) is 1. The Morgan fingerprint density at radius 2 is 1.74 bits per heavy atom. The maximum atomic E-state index is 13.5. The lowest BCUT2D eigenvalue weighted by Crippen LogP contribution is -2.58. The van der Waals surface area contributed by atoms with Gasteiger partial charge in [0.2, 0.25) is 0 Å². The van der Waals surface area contributed by atoms with Crippen molar-refractivity contribution in [2.24, 2.45) is 17.8 Å². The Balaban J connectivity index is 1.84. The van der Waals surface area contributed by atoms with Crippen LogP contribution in [0.15, 0.2) is 0 Å². The van der Waals surface area contributed by atoms with Gasteiger partial charge >= 0.3 is 6.18 Å². The zero-order valence-electron chi connectivity index (χ0n) is 12.8. The minimum absolute atomic E-state index is 0.129. The molecular weight excluding hydrogens is 377 g/mol. The first kappa shape index (κ1) is 17.7. The Hall–Kier alpha value is -0.140. The Morgan fingerprint density at radius 3 is 2.35 bits per heavy atom. The fourth-order valence-corrected chi connectivity index (χ4v) is 4.98. The first-order chi connectivity index (χ1) is 10.8. The summed E-state index contributed by atoms with van der Waals surface area (Å²) in [6, 6.07) is 0. The van der Waals surface area contributed by atoms with Crippen LogP contribution in [0, 0.1) is 17.8 Å². The summed E-state index contributed by atoms with van der Waals surface area (Å²) in [6.45, 7) is 0. The van der Waals surface area contributed by atoms with E-state index < -0.39 is 36.3 Å². The van der Waals surface area contributed by atoms with Crippen LogP contribution < -0.4 is 0 Å². The van der Waals surface area contributed by atoms with Crippen LogP contribution in [0.3, 0.4) is 0 Å². The van der Waals surface area contributed by atoms with Crippen LogP contribution in [0.2, 0.25) is 0 Å². The Morgan fingerprint density at radius 1 is 1.09 bits per heavy atom. The zero-order chi connectivity index (χ0) is 16.8. The monoisotopic (exact) mass is 398 g/mol. The van der Waals surface area contributed by atoms with Gasteiger partial charge in [0.1, 0.15) is 5.78 Å². The van der Waals surface area contributed by atoms with Crippen molar-refractivity contribution >= 4 is 21.7 Å². The van der Waals surface area contributed by atoms with Crippen LogP contribution in [0.5, 0.6) is 0 Å². The Labute approximate surface area is 142 Å². The van der Waals surface area contributed by atoms with E-state index in [9.17, 15) is 23.1 Å². The van der Waals surface area contributed by atoms with E-state index in [1.54, 1.807) is 0 Å². The quantitative estimate of drug-likeness (QED) is 0.686. The summed E-state index contributed by atoms with van der Waals surface area (Å²) in [6.07, 6.45) is -4.14. The summed E-state index contributed by atoms with van der Waals surface area (Å²) < 4.78 is 45.9. The second kappa shape index (κ2) is 6.64. The molecule has 5 atom stereocenters. The van der Waals surface area contributed by atoms with Gasteiger partial charge in [0.15, 0.2) is 6.10 Å². The highest BCUT2D eigenvalue weighted by Crippen LogP contribution is 2.47. The van der Waals surface area contributed by atoms with Gasteiger partial charge in [0, 0.05) is 17.2 Å². The van der Waals surface area contributed by atoms with Gasteiger partial charge in [-0.2, -0.15) is 13.2 Å². The first-order valence-corrected chi connectivity index (χ1v) is 9.27. The third-order valence-electron chi connectivity index (χ3n) is 5.64. The first-order valence-electron chi connectivity index (χ1n) is 8.35. The van der Waals surface area contributed by atoms with E-state index in [1.807, 2.05) is 0 Å². The number of carbonyl (C=O) groups excluding carboxylic acids is 1. The Kier molecular flexibility index (Phi) is 5.10. The smallest absolute Gasteiger partial charge is 0.393 e. The summed E-state index contributed by atoms with van der Waals surface area (Å²) in [7, 11) is 0. The van der Waals surface area contributed by atoms with E-state index in [0.29, 0.717) is 30.5 Å². The molecule has 132 valence electrons. The molecule has 0 aromatic rings. The fourth-order valence-electron chi connectivity index (χ4n) is 4.45. The number of hydrogen-bond donors (Lipinski definition) is 1. The van der Waals surface area contributed by atoms with Crippen LogP contribution >= 0.6 is 15.9 Å². The highest BCUT2D eigenvalue weighted by atomic mass is 79.9. The standard InChI is InChI=1S/C16H22BrF3O3/c17-9-3-1-8(2-4-9)13-14(22)11-6-5-10(21)7-12(11)23-15(13)16(18,19)20/h8-13,15,21H,1-7H2. The molecule has 3 aliphatic rings. The maximum Gasteiger partial charge on any atom is 0.415 e. The molecule has 1 N–H and O–H groups in total. The van der Waals surface area contributed by atoms with Crippen molar-refractivity contribution < 1.29 is 27.8 Å². The van der Waals surface area contributed by atoms with E-state index in [-0.39, 0.29) is 18.1 Å². The van der Waals surface area contributed by atoms with Gasteiger partial charge in [0.05, 0.1) is 18.1 Å². The number of rotatable bonds is 1. The molecular formula is C16H22BrF3O3. The van der Waals surface area contributed by atoms with Crippen molar-refractivity contribution in [2.45, 2.75) is 74.3 Å². The normalized spacial score (nSPS) is 45.6. The van der Waals surface area contributed by atoms with Crippen molar-refractivity contribution in [3.63, 3.8) is 0 Å². The molecule has 0 aromatic carbocycles. The van der Waals surface area contributed by atoms with E-state index in [1.165, 1.54) is 0 Å². The second-order valence-corrected chi connectivity index (χ2v) is 8.45. The fraction of sp³-hybridized carbons (Fsp3) is 0.938. The number of ether oxygens (including phenoxy) is 1. The van der Waals surface area contributed by atoms with Crippen LogP contribution in [0.1, 0.15) is 44.9 Å². The maximum absolute atomic E-state index is 13.5. The van der Waals surface area contributed by atoms with Crippen LogP contribution in [-0.4, -0.2) is 40.2 Å². The summed E-state index contributed by atoms with van der Waals surface area (Å²) in [4.78, 5) is 13.2. The average molecular weight is 399 g/mol. The van der Waals surface area contributed by atoms with E-state index in [4.69, 9.17) is 4.74 Å². The molecule has 3 nitrogen and oxygen atoms in total. The lowest BCUT2D eigenvalue weighted by atomic mass is 9.67. The molecule has 3 fully saturated rings. The summed E-state index contributed by atoms with van der Waals surface area (Å²) in [5.41, 5.74) is 0. The van der Waals surface area contributed by atoms with Gasteiger partial charge in [-0.1, -0.05) is 15.9 Å². The highest BCUT2D eigenvalue weighted by Gasteiger charge is 2.58. The van der Waals surface area contributed by atoms with Gasteiger partial charge in [-0.15, -0.1) is 0 Å². The number of hydrogen-bond acceptors (Lipinski definition) is 3. The molecule has 0 aromatic heterocycles. The number of halogens is 4. The van der Waals surface area contributed by atoms with E-state index in [0.717, 1.165) is 12.8 Å². The SMILES string of the molecule is O=C1C2CCC(O)CC2OC(C(F)(F)F)C1C1CCC(Br)CC1. The van der Waals surface area contributed by atoms with Crippen molar-refractivity contribution in [1.29, 1.82) is 0 Å². The number of aliphatic hydroxyl groups is 1. The summed E-state index contributed by atoms with van der Waals surface area (Å²) >= 11 is 3.51. The molecule has 5 unspecified atom stereocenters. The molecule has 3 rings (SSSR count). The topological polar surface area (TPSA) is 46.5 Å². The van der Waals surface area contributed by atoms with Crippen LogP contribution in [0.4, 0.5) is 13.2 Å². The van der Waals surface area contributed by atoms with Gasteiger partial charge in [-0.25, -0.2) is 0 Å². The molecule has 2 aliphatic carbocycles. The largest absolute Gasteiger partial charge is 0.415 e. The lowest BCUT2D eigenvalue weighted by molar-refractivity contribution is -0.274. The van der Waals surface area contributed by atoms with Gasteiger partial charge in [-0.3, -0.25) is 4.79 Å². The third kappa shape index (κ3) is 3.61. The third-order valence-corrected chi connectivity index (χ3v) is 6.55. The molecule has 1 heterocycles. The molecule has 1 saturated heterocycles. The number of fused-ring (bicyclic) bond motifs is 1. The van der Waals surface area contributed by atoms with Crippen LogP contribution in [-0.2, 0) is 9.53 Å².